The third-order valence-electron chi connectivity index (χ3n) is 2.87. The summed E-state index contributed by atoms with van der Waals surface area (Å²) in [4.78, 5) is 8.92. The zero-order valence-electron chi connectivity index (χ0n) is 9.16. The molecule has 0 bridgehead atoms. The van der Waals surface area contributed by atoms with E-state index in [0.29, 0.717) is 5.82 Å². The third-order valence-corrected chi connectivity index (χ3v) is 2.87. The van der Waals surface area contributed by atoms with E-state index in [9.17, 15) is 0 Å². The lowest BCUT2D eigenvalue weighted by atomic mass is 10.1. The van der Waals surface area contributed by atoms with Gasteiger partial charge >= 0.3 is 0 Å². The van der Waals surface area contributed by atoms with E-state index in [1.165, 1.54) is 5.56 Å². The molecule has 82 valence electrons. The molecule has 16 heavy (non-hydrogen) atoms. The Morgan fingerprint density at radius 2 is 2.38 bits per heavy atom. The molecular formula is C12H13N3O. The van der Waals surface area contributed by atoms with E-state index in [0.717, 1.165) is 36.5 Å². The SMILES string of the molecule is Cc1ccoc1-c1ncc2c(n1)CCNC2. The number of fused-ring (bicyclic) bond motifs is 1. The Balaban J connectivity index is 2.06. The highest BCUT2D eigenvalue weighted by Crippen LogP contribution is 2.22. The molecule has 0 aliphatic carbocycles. The Kier molecular flexibility index (Phi) is 2.22. The van der Waals surface area contributed by atoms with Gasteiger partial charge in [-0.1, -0.05) is 0 Å². The molecule has 4 nitrogen and oxygen atoms in total. The summed E-state index contributed by atoms with van der Waals surface area (Å²) in [6.07, 6.45) is 4.53. The molecule has 1 aliphatic rings. The van der Waals surface area contributed by atoms with Gasteiger partial charge in [0.05, 0.1) is 12.0 Å². The first-order valence-electron chi connectivity index (χ1n) is 5.44. The fraction of sp³-hybridized carbons (Fsp3) is 0.333. The summed E-state index contributed by atoms with van der Waals surface area (Å²) in [5.74, 6) is 1.48. The summed E-state index contributed by atoms with van der Waals surface area (Å²) in [5.41, 5.74) is 3.41. The van der Waals surface area contributed by atoms with E-state index < -0.39 is 0 Å². The van der Waals surface area contributed by atoms with Gasteiger partial charge in [0.1, 0.15) is 0 Å². The van der Waals surface area contributed by atoms with Crippen LogP contribution < -0.4 is 5.32 Å². The average Bonchev–Trinajstić information content (AvgIpc) is 2.75. The van der Waals surface area contributed by atoms with Gasteiger partial charge in [0.25, 0.3) is 0 Å². The molecule has 0 saturated heterocycles. The maximum Gasteiger partial charge on any atom is 0.196 e. The molecule has 0 amide bonds. The molecule has 3 heterocycles. The predicted molar refractivity (Wildman–Crippen MR) is 59.9 cm³/mol. The molecule has 0 atom stereocenters. The number of rotatable bonds is 1. The molecule has 3 rings (SSSR count). The molecule has 1 aliphatic heterocycles. The van der Waals surface area contributed by atoms with Crippen molar-refractivity contribution in [2.75, 3.05) is 6.54 Å². The highest BCUT2D eigenvalue weighted by Gasteiger charge is 2.14. The number of aryl methyl sites for hydroxylation is 1. The van der Waals surface area contributed by atoms with Crippen molar-refractivity contribution in [1.82, 2.24) is 15.3 Å². The van der Waals surface area contributed by atoms with Gasteiger partial charge in [0.2, 0.25) is 0 Å². The smallest absolute Gasteiger partial charge is 0.196 e. The number of furan rings is 1. The van der Waals surface area contributed by atoms with Gasteiger partial charge in [0, 0.05) is 31.3 Å². The molecule has 2 aromatic rings. The quantitative estimate of drug-likeness (QED) is 0.786. The predicted octanol–water partition coefficient (Wildman–Crippen LogP) is 1.69. The van der Waals surface area contributed by atoms with Gasteiger partial charge in [-0.3, -0.25) is 0 Å². The van der Waals surface area contributed by atoms with Crippen molar-refractivity contribution in [3.63, 3.8) is 0 Å². The Hall–Kier alpha value is -1.68. The molecule has 0 saturated carbocycles. The highest BCUT2D eigenvalue weighted by molar-refractivity contribution is 5.52. The molecule has 0 aromatic carbocycles. The van der Waals surface area contributed by atoms with Crippen molar-refractivity contribution in [3.05, 3.63) is 35.3 Å². The lowest BCUT2D eigenvalue weighted by molar-refractivity contribution is 0.572. The number of aromatic nitrogens is 2. The Labute approximate surface area is 93.7 Å². The van der Waals surface area contributed by atoms with Gasteiger partial charge in [-0.2, -0.15) is 0 Å². The lowest BCUT2D eigenvalue weighted by Crippen LogP contribution is -2.24. The van der Waals surface area contributed by atoms with Crippen LogP contribution in [0.1, 0.15) is 16.8 Å². The van der Waals surface area contributed by atoms with E-state index in [2.05, 4.69) is 15.3 Å². The minimum atomic E-state index is 0.697. The molecule has 0 spiro atoms. The van der Waals surface area contributed by atoms with Crippen LogP contribution in [0.25, 0.3) is 11.6 Å². The molecule has 0 radical (unpaired) electrons. The highest BCUT2D eigenvalue weighted by atomic mass is 16.3. The van der Waals surface area contributed by atoms with Crippen molar-refractivity contribution in [1.29, 1.82) is 0 Å². The maximum atomic E-state index is 5.40. The van der Waals surface area contributed by atoms with Crippen LogP contribution in [0.3, 0.4) is 0 Å². The van der Waals surface area contributed by atoms with Gasteiger partial charge in [-0.05, 0) is 18.6 Å². The zero-order chi connectivity index (χ0) is 11.0. The van der Waals surface area contributed by atoms with Crippen molar-refractivity contribution in [2.24, 2.45) is 0 Å². The van der Waals surface area contributed by atoms with E-state index in [-0.39, 0.29) is 0 Å². The molecular weight excluding hydrogens is 202 g/mol. The monoisotopic (exact) mass is 215 g/mol. The first-order chi connectivity index (χ1) is 7.84. The third kappa shape index (κ3) is 1.51. The van der Waals surface area contributed by atoms with Crippen LogP contribution in [0.5, 0.6) is 0 Å². The Bertz CT molecular complexity index is 519. The summed E-state index contributed by atoms with van der Waals surface area (Å²) in [7, 11) is 0. The van der Waals surface area contributed by atoms with Gasteiger partial charge in [0.15, 0.2) is 11.6 Å². The van der Waals surface area contributed by atoms with Crippen LogP contribution in [0.4, 0.5) is 0 Å². The van der Waals surface area contributed by atoms with E-state index in [1.807, 2.05) is 19.2 Å². The largest absolute Gasteiger partial charge is 0.461 e. The second-order valence-corrected chi connectivity index (χ2v) is 4.03. The van der Waals surface area contributed by atoms with E-state index in [4.69, 9.17) is 4.42 Å². The number of hydrogen-bond acceptors (Lipinski definition) is 4. The lowest BCUT2D eigenvalue weighted by Gasteiger charge is -2.15. The summed E-state index contributed by atoms with van der Waals surface area (Å²) < 4.78 is 5.40. The number of nitrogens with one attached hydrogen (secondary N) is 1. The summed E-state index contributed by atoms with van der Waals surface area (Å²) >= 11 is 0. The van der Waals surface area contributed by atoms with Gasteiger partial charge in [-0.25, -0.2) is 9.97 Å². The topological polar surface area (TPSA) is 51.0 Å². The summed E-state index contributed by atoms with van der Waals surface area (Å²) in [6.45, 7) is 3.86. The number of hydrogen-bond donors (Lipinski definition) is 1. The van der Waals surface area contributed by atoms with Crippen LogP contribution in [0.2, 0.25) is 0 Å². The fourth-order valence-electron chi connectivity index (χ4n) is 1.95. The van der Waals surface area contributed by atoms with Crippen molar-refractivity contribution < 1.29 is 4.42 Å². The molecule has 1 N–H and O–H groups in total. The minimum Gasteiger partial charge on any atom is -0.461 e. The first kappa shape index (κ1) is 9.54. The molecule has 0 fully saturated rings. The molecule has 4 heteroatoms. The van der Waals surface area contributed by atoms with E-state index >= 15 is 0 Å². The van der Waals surface area contributed by atoms with Gasteiger partial charge < -0.3 is 9.73 Å². The van der Waals surface area contributed by atoms with Crippen LogP contribution in [-0.4, -0.2) is 16.5 Å². The second-order valence-electron chi connectivity index (χ2n) is 4.03. The number of nitrogens with zero attached hydrogens (tertiary/aromatic N) is 2. The standard InChI is InChI=1S/C12H13N3O/c1-8-3-5-16-11(8)12-14-7-9-6-13-4-2-10(9)15-12/h3,5,7,13H,2,4,6H2,1H3. The van der Waals surface area contributed by atoms with Crippen LogP contribution in [0.15, 0.2) is 22.9 Å². The Morgan fingerprint density at radius 3 is 3.19 bits per heavy atom. The van der Waals surface area contributed by atoms with Crippen LogP contribution in [-0.2, 0) is 13.0 Å². The summed E-state index contributed by atoms with van der Waals surface area (Å²) in [5, 5.41) is 3.30. The van der Waals surface area contributed by atoms with Crippen molar-refractivity contribution in [2.45, 2.75) is 19.9 Å². The molecule has 2 aromatic heterocycles. The second kappa shape index (κ2) is 3.72. The van der Waals surface area contributed by atoms with E-state index in [1.54, 1.807) is 6.26 Å². The van der Waals surface area contributed by atoms with Crippen LogP contribution in [0, 0.1) is 6.92 Å². The van der Waals surface area contributed by atoms with Crippen molar-refractivity contribution >= 4 is 0 Å². The first-order valence-corrected chi connectivity index (χ1v) is 5.44. The Morgan fingerprint density at radius 1 is 1.44 bits per heavy atom. The summed E-state index contributed by atoms with van der Waals surface area (Å²) in [6, 6.07) is 1.93. The normalized spacial score (nSPS) is 14.8. The zero-order valence-corrected chi connectivity index (χ0v) is 9.16. The van der Waals surface area contributed by atoms with Crippen LogP contribution >= 0.6 is 0 Å². The van der Waals surface area contributed by atoms with Crippen molar-refractivity contribution in [3.8, 4) is 11.6 Å². The maximum absolute atomic E-state index is 5.40. The fourth-order valence-corrected chi connectivity index (χ4v) is 1.95. The molecule has 0 unspecified atom stereocenters. The average molecular weight is 215 g/mol. The van der Waals surface area contributed by atoms with Gasteiger partial charge in [-0.15, -0.1) is 0 Å². The minimum absolute atomic E-state index is 0.697.